The summed E-state index contributed by atoms with van der Waals surface area (Å²) in [5, 5.41) is 9.78. The number of anilines is 1. The molecule has 1 N–H and O–H groups in total. The number of piperazine rings is 1. The molecule has 6 heteroatoms. The van der Waals surface area contributed by atoms with Crippen molar-refractivity contribution in [1.29, 1.82) is 0 Å². The molecule has 0 spiro atoms. The van der Waals surface area contributed by atoms with Crippen molar-refractivity contribution in [2.45, 2.75) is 13.8 Å². The summed E-state index contributed by atoms with van der Waals surface area (Å²) in [6.45, 7) is 6.69. The lowest BCUT2D eigenvalue weighted by atomic mass is 10.2. The number of carbonyl (C=O) groups excluding carboxylic acids is 1. The van der Waals surface area contributed by atoms with Crippen molar-refractivity contribution in [3.05, 3.63) is 47.5 Å². The monoisotopic (exact) mass is 312 g/mol. The van der Waals surface area contributed by atoms with Crippen LogP contribution in [0.25, 0.3) is 0 Å². The van der Waals surface area contributed by atoms with Gasteiger partial charge in [0.2, 0.25) is 0 Å². The summed E-state index contributed by atoms with van der Waals surface area (Å²) in [6.07, 6.45) is 1.52. The van der Waals surface area contributed by atoms with E-state index in [1.165, 1.54) is 12.3 Å². The zero-order valence-corrected chi connectivity index (χ0v) is 13.4. The highest BCUT2D eigenvalue weighted by molar-refractivity contribution is 5.94. The molecule has 2 aromatic rings. The molecule has 1 saturated heterocycles. The average molecular weight is 312 g/mol. The predicted molar refractivity (Wildman–Crippen MR) is 87.7 cm³/mol. The van der Waals surface area contributed by atoms with E-state index in [-0.39, 0.29) is 17.4 Å². The van der Waals surface area contributed by atoms with Crippen LogP contribution in [-0.4, -0.2) is 52.1 Å². The first-order chi connectivity index (χ1) is 11.0. The van der Waals surface area contributed by atoms with Crippen LogP contribution < -0.4 is 4.90 Å². The number of aryl methyl sites for hydroxylation is 2. The van der Waals surface area contributed by atoms with Gasteiger partial charge in [0.15, 0.2) is 5.69 Å². The molecule has 0 saturated carbocycles. The Bertz CT molecular complexity index is 704. The Morgan fingerprint density at radius 3 is 2.39 bits per heavy atom. The Labute approximate surface area is 135 Å². The smallest absolute Gasteiger partial charge is 0.276 e. The summed E-state index contributed by atoms with van der Waals surface area (Å²) in [5.74, 6) is -0.287. The van der Waals surface area contributed by atoms with Crippen molar-refractivity contribution >= 4 is 11.6 Å². The van der Waals surface area contributed by atoms with Gasteiger partial charge in [-0.25, -0.2) is 4.98 Å². The SMILES string of the molecule is Cc1cc(N2CCN(C(=O)c3ncccc3O)CC2)cc(C)n1. The topological polar surface area (TPSA) is 69.6 Å². The Balaban J connectivity index is 1.69. The molecule has 3 rings (SSSR count). The van der Waals surface area contributed by atoms with Crippen molar-refractivity contribution in [2.75, 3.05) is 31.1 Å². The number of aromatic hydroxyl groups is 1. The maximum atomic E-state index is 12.4. The molecule has 0 aliphatic carbocycles. The number of carbonyl (C=O) groups is 1. The summed E-state index contributed by atoms with van der Waals surface area (Å²) >= 11 is 0. The van der Waals surface area contributed by atoms with Crippen molar-refractivity contribution in [2.24, 2.45) is 0 Å². The molecule has 0 atom stereocenters. The molecule has 6 nitrogen and oxygen atoms in total. The molecule has 1 aliphatic rings. The van der Waals surface area contributed by atoms with Gasteiger partial charge in [-0.3, -0.25) is 9.78 Å². The number of hydrogen-bond acceptors (Lipinski definition) is 5. The van der Waals surface area contributed by atoms with Crippen LogP contribution in [0, 0.1) is 13.8 Å². The summed E-state index contributed by atoms with van der Waals surface area (Å²) in [5.41, 5.74) is 3.26. The number of hydrogen-bond donors (Lipinski definition) is 1. The maximum Gasteiger partial charge on any atom is 0.276 e. The van der Waals surface area contributed by atoms with Gasteiger partial charge in [0.1, 0.15) is 5.75 Å². The predicted octanol–water partition coefficient (Wildman–Crippen LogP) is 1.76. The van der Waals surface area contributed by atoms with Gasteiger partial charge in [0.05, 0.1) is 0 Å². The lowest BCUT2D eigenvalue weighted by Gasteiger charge is -2.36. The van der Waals surface area contributed by atoms with Crippen LogP contribution in [0.3, 0.4) is 0 Å². The summed E-state index contributed by atoms with van der Waals surface area (Å²) < 4.78 is 0. The Morgan fingerprint density at radius 1 is 1.13 bits per heavy atom. The van der Waals surface area contributed by atoms with Gasteiger partial charge in [-0.2, -0.15) is 0 Å². The minimum atomic E-state index is -0.218. The zero-order chi connectivity index (χ0) is 16.4. The quantitative estimate of drug-likeness (QED) is 0.915. The van der Waals surface area contributed by atoms with Gasteiger partial charge >= 0.3 is 0 Å². The number of rotatable bonds is 2. The Morgan fingerprint density at radius 2 is 1.78 bits per heavy atom. The van der Waals surface area contributed by atoms with Crippen molar-refractivity contribution in [3.63, 3.8) is 0 Å². The van der Waals surface area contributed by atoms with Gasteiger partial charge < -0.3 is 14.9 Å². The van der Waals surface area contributed by atoms with Gasteiger partial charge in [-0.05, 0) is 38.1 Å². The fraction of sp³-hybridized carbons (Fsp3) is 0.353. The summed E-state index contributed by atoms with van der Waals surface area (Å²) in [6, 6.07) is 7.22. The van der Waals surface area contributed by atoms with E-state index in [0.29, 0.717) is 13.1 Å². The molecule has 23 heavy (non-hydrogen) atoms. The summed E-state index contributed by atoms with van der Waals surface area (Å²) in [7, 11) is 0. The molecular weight excluding hydrogens is 292 g/mol. The average Bonchev–Trinajstić information content (AvgIpc) is 2.54. The molecular formula is C17H20N4O2. The molecule has 0 radical (unpaired) electrons. The third-order valence-electron chi connectivity index (χ3n) is 3.99. The van der Waals surface area contributed by atoms with E-state index >= 15 is 0 Å². The lowest BCUT2D eigenvalue weighted by molar-refractivity contribution is 0.0737. The van der Waals surface area contributed by atoms with Crippen LogP contribution in [0.2, 0.25) is 0 Å². The van der Waals surface area contributed by atoms with E-state index in [4.69, 9.17) is 0 Å². The largest absolute Gasteiger partial charge is 0.505 e. The highest BCUT2D eigenvalue weighted by atomic mass is 16.3. The van der Waals surface area contributed by atoms with Crippen LogP contribution in [0.1, 0.15) is 21.9 Å². The van der Waals surface area contributed by atoms with E-state index in [0.717, 1.165) is 30.2 Å². The highest BCUT2D eigenvalue weighted by Crippen LogP contribution is 2.20. The minimum absolute atomic E-state index is 0.0692. The van der Waals surface area contributed by atoms with Crippen LogP contribution >= 0.6 is 0 Å². The molecule has 1 aliphatic heterocycles. The van der Waals surface area contributed by atoms with Gasteiger partial charge in [0, 0.05) is 49.5 Å². The number of amides is 1. The molecule has 1 fully saturated rings. The first-order valence-electron chi connectivity index (χ1n) is 7.68. The van der Waals surface area contributed by atoms with E-state index in [1.807, 2.05) is 13.8 Å². The highest BCUT2D eigenvalue weighted by Gasteiger charge is 2.25. The fourth-order valence-corrected chi connectivity index (χ4v) is 2.87. The maximum absolute atomic E-state index is 12.4. The number of pyridine rings is 2. The molecule has 3 heterocycles. The first-order valence-corrected chi connectivity index (χ1v) is 7.68. The van der Waals surface area contributed by atoms with E-state index < -0.39 is 0 Å². The van der Waals surface area contributed by atoms with Gasteiger partial charge in [0.25, 0.3) is 5.91 Å². The molecule has 0 unspecified atom stereocenters. The van der Waals surface area contributed by atoms with Crippen LogP contribution in [0.15, 0.2) is 30.5 Å². The molecule has 0 bridgehead atoms. The third-order valence-corrected chi connectivity index (χ3v) is 3.99. The summed E-state index contributed by atoms with van der Waals surface area (Å²) in [4.78, 5) is 24.8. The van der Waals surface area contributed by atoms with Crippen molar-refractivity contribution in [3.8, 4) is 5.75 Å². The van der Waals surface area contributed by atoms with Gasteiger partial charge in [-0.1, -0.05) is 0 Å². The molecule has 120 valence electrons. The van der Waals surface area contributed by atoms with E-state index in [1.54, 1.807) is 11.0 Å². The number of aromatic nitrogens is 2. The van der Waals surface area contributed by atoms with E-state index in [9.17, 15) is 9.90 Å². The van der Waals surface area contributed by atoms with Crippen LogP contribution in [0.4, 0.5) is 5.69 Å². The second kappa shape index (κ2) is 6.24. The molecule has 1 amide bonds. The minimum Gasteiger partial charge on any atom is -0.505 e. The second-order valence-electron chi connectivity index (χ2n) is 5.76. The van der Waals surface area contributed by atoms with E-state index in [2.05, 4.69) is 27.0 Å². The normalized spacial score (nSPS) is 14.9. The number of nitrogens with zero attached hydrogens (tertiary/aromatic N) is 4. The zero-order valence-electron chi connectivity index (χ0n) is 13.4. The Kier molecular flexibility index (Phi) is 4.14. The van der Waals surface area contributed by atoms with Crippen LogP contribution in [-0.2, 0) is 0 Å². The standard InChI is InChI=1S/C17H20N4O2/c1-12-10-14(11-13(2)19-12)20-6-8-21(9-7-20)17(23)16-15(22)4-3-5-18-16/h3-5,10-11,22H,6-9H2,1-2H3. The van der Waals surface area contributed by atoms with Crippen molar-refractivity contribution in [1.82, 2.24) is 14.9 Å². The van der Waals surface area contributed by atoms with Gasteiger partial charge in [-0.15, -0.1) is 0 Å². The third kappa shape index (κ3) is 3.26. The second-order valence-corrected chi connectivity index (χ2v) is 5.76. The Hall–Kier alpha value is -2.63. The lowest BCUT2D eigenvalue weighted by Crippen LogP contribution is -2.49. The first kappa shape index (κ1) is 15.3. The molecule has 2 aromatic heterocycles. The van der Waals surface area contributed by atoms with Crippen molar-refractivity contribution < 1.29 is 9.90 Å². The fourth-order valence-electron chi connectivity index (χ4n) is 2.87. The molecule has 0 aromatic carbocycles. The van der Waals surface area contributed by atoms with Crippen LogP contribution in [0.5, 0.6) is 5.75 Å².